The van der Waals surface area contributed by atoms with Crippen LogP contribution in [0.15, 0.2) is 21.4 Å². The standard InChI is InChI=1S/C10H13BrN2O2/c11-9-3-7(5-15-9)10(14)13-4-8(12)6-1-2-6/h3,5-6,8H,1-2,4,12H2,(H,13,14). The molecule has 0 aromatic carbocycles. The Balaban J connectivity index is 1.81. The summed E-state index contributed by atoms with van der Waals surface area (Å²) in [5.41, 5.74) is 6.38. The summed E-state index contributed by atoms with van der Waals surface area (Å²) < 4.78 is 5.53. The van der Waals surface area contributed by atoms with Crippen LogP contribution in [-0.4, -0.2) is 18.5 Å². The molecule has 82 valence electrons. The third-order valence-electron chi connectivity index (χ3n) is 2.56. The van der Waals surface area contributed by atoms with Gasteiger partial charge in [0.2, 0.25) is 0 Å². The fourth-order valence-corrected chi connectivity index (χ4v) is 1.77. The summed E-state index contributed by atoms with van der Waals surface area (Å²) >= 11 is 3.14. The summed E-state index contributed by atoms with van der Waals surface area (Å²) in [6.07, 6.45) is 3.80. The SMILES string of the molecule is NC(CNC(=O)c1coc(Br)c1)C1CC1. The zero-order valence-corrected chi connectivity index (χ0v) is 9.79. The van der Waals surface area contributed by atoms with Crippen LogP contribution < -0.4 is 11.1 Å². The lowest BCUT2D eigenvalue weighted by Crippen LogP contribution is -2.38. The number of carbonyl (C=O) groups is 1. The molecule has 3 N–H and O–H groups in total. The van der Waals surface area contributed by atoms with Crippen LogP contribution in [0.25, 0.3) is 0 Å². The van der Waals surface area contributed by atoms with Gasteiger partial charge in [-0.05, 0) is 34.7 Å². The average Bonchev–Trinajstić information content (AvgIpc) is 2.97. The molecule has 1 aromatic rings. The van der Waals surface area contributed by atoms with Crippen molar-refractivity contribution in [3.63, 3.8) is 0 Å². The zero-order valence-electron chi connectivity index (χ0n) is 8.20. The van der Waals surface area contributed by atoms with Gasteiger partial charge in [-0.1, -0.05) is 0 Å². The second kappa shape index (κ2) is 4.37. The van der Waals surface area contributed by atoms with Crippen molar-refractivity contribution in [3.8, 4) is 0 Å². The molecule has 1 aliphatic rings. The molecule has 0 spiro atoms. The number of rotatable bonds is 4. The maximum atomic E-state index is 11.6. The lowest BCUT2D eigenvalue weighted by Gasteiger charge is -2.10. The molecule has 4 nitrogen and oxygen atoms in total. The van der Waals surface area contributed by atoms with Crippen LogP contribution in [0.3, 0.4) is 0 Å². The number of carbonyl (C=O) groups excluding carboxylic acids is 1. The minimum absolute atomic E-state index is 0.0873. The zero-order chi connectivity index (χ0) is 10.8. The maximum absolute atomic E-state index is 11.6. The summed E-state index contributed by atoms with van der Waals surface area (Å²) in [6, 6.07) is 1.72. The average molecular weight is 273 g/mol. The van der Waals surface area contributed by atoms with Gasteiger partial charge in [-0.25, -0.2) is 0 Å². The Morgan fingerprint density at radius 1 is 1.73 bits per heavy atom. The summed E-state index contributed by atoms with van der Waals surface area (Å²) in [5, 5.41) is 2.79. The van der Waals surface area contributed by atoms with Gasteiger partial charge in [-0.3, -0.25) is 4.79 Å². The Kier molecular flexibility index (Phi) is 3.11. The normalized spacial score (nSPS) is 17.5. The van der Waals surface area contributed by atoms with Crippen LogP contribution >= 0.6 is 15.9 Å². The highest BCUT2D eigenvalue weighted by atomic mass is 79.9. The van der Waals surface area contributed by atoms with Crippen molar-refractivity contribution in [1.29, 1.82) is 0 Å². The third-order valence-corrected chi connectivity index (χ3v) is 2.97. The second-order valence-corrected chi connectivity index (χ2v) is 4.63. The fraction of sp³-hybridized carbons (Fsp3) is 0.500. The molecule has 1 amide bonds. The lowest BCUT2D eigenvalue weighted by molar-refractivity contribution is 0.0949. The highest BCUT2D eigenvalue weighted by molar-refractivity contribution is 9.10. The Hall–Kier alpha value is -0.810. The van der Waals surface area contributed by atoms with E-state index in [-0.39, 0.29) is 11.9 Å². The van der Waals surface area contributed by atoms with Crippen LogP contribution in [0.1, 0.15) is 23.2 Å². The van der Waals surface area contributed by atoms with E-state index in [2.05, 4.69) is 21.2 Å². The van der Waals surface area contributed by atoms with Crippen molar-refractivity contribution in [2.75, 3.05) is 6.54 Å². The van der Waals surface area contributed by atoms with Crippen molar-refractivity contribution in [2.45, 2.75) is 18.9 Å². The number of furan rings is 1. The van der Waals surface area contributed by atoms with Crippen LogP contribution in [-0.2, 0) is 0 Å². The highest BCUT2D eigenvalue weighted by Gasteiger charge is 2.28. The molecule has 1 aliphatic carbocycles. The van der Waals surface area contributed by atoms with Crippen molar-refractivity contribution < 1.29 is 9.21 Å². The Labute approximate surface area is 96.3 Å². The summed E-state index contributed by atoms with van der Waals surface area (Å²) in [4.78, 5) is 11.6. The molecule has 1 unspecified atom stereocenters. The van der Waals surface area contributed by atoms with Gasteiger partial charge in [0.1, 0.15) is 6.26 Å². The molecular weight excluding hydrogens is 260 g/mol. The highest BCUT2D eigenvalue weighted by Crippen LogP contribution is 2.31. The number of hydrogen-bond donors (Lipinski definition) is 2. The Morgan fingerprint density at radius 3 is 3.00 bits per heavy atom. The van der Waals surface area contributed by atoms with E-state index < -0.39 is 0 Å². The molecule has 1 atom stereocenters. The van der Waals surface area contributed by atoms with Crippen LogP contribution in [0.5, 0.6) is 0 Å². The van der Waals surface area contributed by atoms with Gasteiger partial charge < -0.3 is 15.5 Å². The van der Waals surface area contributed by atoms with E-state index in [4.69, 9.17) is 10.2 Å². The molecule has 0 aliphatic heterocycles. The monoisotopic (exact) mass is 272 g/mol. The van der Waals surface area contributed by atoms with Crippen molar-refractivity contribution in [1.82, 2.24) is 5.32 Å². The second-order valence-electron chi connectivity index (χ2n) is 3.85. The van der Waals surface area contributed by atoms with Gasteiger partial charge in [0.05, 0.1) is 5.56 Å². The lowest BCUT2D eigenvalue weighted by atomic mass is 10.2. The van der Waals surface area contributed by atoms with Crippen molar-refractivity contribution in [3.05, 3.63) is 22.6 Å². The molecule has 1 fully saturated rings. The van der Waals surface area contributed by atoms with Gasteiger partial charge in [0, 0.05) is 18.7 Å². The first-order valence-corrected chi connectivity index (χ1v) is 5.74. The molecule has 15 heavy (non-hydrogen) atoms. The minimum atomic E-state index is -0.138. The van der Waals surface area contributed by atoms with E-state index in [0.29, 0.717) is 22.7 Å². The fourth-order valence-electron chi connectivity index (χ4n) is 1.43. The van der Waals surface area contributed by atoms with E-state index >= 15 is 0 Å². The molecule has 5 heteroatoms. The smallest absolute Gasteiger partial charge is 0.254 e. The molecule has 0 radical (unpaired) electrons. The molecule has 1 saturated carbocycles. The first-order valence-electron chi connectivity index (χ1n) is 4.94. The molecule has 1 aromatic heterocycles. The number of nitrogens with two attached hydrogens (primary N) is 1. The Morgan fingerprint density at radius 2 is 2.47 bits per heavy atom. The molecule has 1 heterocycles. The predicted molar refractivity (Wildman–Crippen MR) is 59.4 cm³/mol. The maximum Gasteiger partial charge on any atom is 0.254 e. The summed E-state index contributed by atoms with van der Waals surface area (Å²) in [6.45, 7) is 0.534. The quantitative estimate of drug-likeness (QED) is 0.873. The summed E-state index contributed by atoms with van der Waals surface area (Å²) in [7, 11) is 0. The molecule has 2 rings (SSSR count). The minimum Gasteiger partial charge on any atom is -0.457 e. The number of halogens is 1. The van der Waals surface area contributed by atoms with E-state index in [1.807, 2.05) is 0 Å². The van der Waals surface area contributed by atoms with Crippen molar-refractivity contribution >= 4 is 21.8 Å². The largest absolute Gasteiger partial charge is 0.457 e. The van der Waals surface area contributed by atoms with Crippen LogP contribution in [0.4, 0.5) is 0 Å². The van der Waals surface area contributed by atoms with Gasteiger partial charge in [0.15, 0.2) is 4.67 Å². The summed E-state index contributed by atoms with van der Waals surface area (Å²) in [5.74, 6) is 0.460. The number of amides is 1. The van der Waals surface area contributed by atoms with Crippen molar-refractivity contribution in [2.24, 2.45) is 11.7 Å². The third kappa shape index (κ3) is 2.82. The number of hydrogen-bond acceptors (Lipinski definition) is 3. The Bertz CT molecular complexity index is 360. The van der Waals surface area contributed by atoms with Gasteiger partial charge in [-0.2, -0.15) is 0 Å². The first-order chi connectivity index (χ1) is 7.16. The van der Waals surface area contributed by atoms with Gasteiger partial charge in [-0.15, -0.1) is 0 Å². The van der Waals surface area contributed by atoms with Gasteiger partial charge >= 0.3 is 0 Å². The van der Waals surface area contributed by atoms with Gasteiger partial charge in [0.25, 0.3) is 5.91 Å². The van der Waals surface area contributed by atoms with Crippen LogP contribution in [0.2, 0.25) is 0 Å². The van der Waals surface area contributed by atoms with E-state index in [0.717, 1.165) is 0 Å². The molecule has 0 bridgehead atoms. The van der Waals surface area contributed by atoms with E-state index in [1.165, 1.54) is 19.1 Å². The molecular formula is C10H13BrN2O2. The van der Waals surface area contributed by atoms with E-state index in [1.54, 1.807) is 6.07 Å². The van der Waals surface area contributed by atoms with Crippen LogP contribution in [0, 0.1) is 5.92 Å². The predicted octanol–water partition coefficient (Wildman–Crippen LogP) is 1.51. The molecule has 0 saturated heterocycles. The van der Waals surface area contributed by atoms with E-state index in [9.17, 15) is 4.79 Å². The topological polar surface area (TPSA) is 68.3 Å². The number of nitrogens with one attached hydrogen (secondary N) is 1. The first kappa shape index (κ1) is 10.7.